The number of carboxylic acid groups (broad SMARTS) is 1. The van der Waals surface area contributed by atoms with Gasteiger partial charge >= 0.3 is 5.97 Å². The van der Waals surface area contributed by atoms with Gasteiger partial charge in [0.15, 0.2) is 0 Å². The van der Waals surface area contributed by atoms with Gasteiger partial charge in [-0.3, -0.25) is 9.59 Å². The van der Waals surface area contributed by atoms with Crippen LogP contribution in [-0.4, -0.2) is 34.0 Å². The second-order valence-corrected chi connectivity index (χ2v) is 9.31. The molecule has 1 N–H and O–H groups in total. The maximum atomic E-state index is 13.9. The Morgan fingerprint density at radius 2 is 1.79 bits per heavy atom. The van der Waals surface area contributed by atoms with Crippen LogP contribution < -0.4 is 4.74 Å². The zero-order chi connectivity index (χ0) is 24.3. The van der Waals surface area contributed by atoms with Crippen LogP contribution in [0.4, 0.5) is 4.39 Å². The van der Waals surface area contributed by atoms with Crippen molar-refractivity contribution in [1.29, 1.82) is 0 Å². The monoisotopic (exact) mass is 481 g/mol. The van der Waals surface area contributed by atoms with Gasteiger partial charge in [-0.2, -0.15) is 0 Å². The molecule has 7 heteroatoms. The van der Waals surface area contributed by atoms with Crippen LogP contribution in [0.2, 0.25) is 5.02 Å². The predicted octanol–water partition coefficient (Wildman–Crippen LogP) is 5.07. The van der Waals surface area contributed by atoms with Crippen molar-refractivity contribution in [1.82, 2.24) is 4.90 Å². The van der Waals surface area contributed by atoms with Gasteiger partial charge in [-0.15, -0.1) is 0 Å². The predicted molar refractivity (Wildman–Crippen MR) is 127 cm³/mol. The third-order valence-electron chi connectivity index (χ3n) is 5.86. The molecule has 0 bridgehead atoms. The summed E-state index contributed by atoms with van der Waals surface area (Å²) in [6, 6.07) is 19.7. The third kappa shape index (κ3) is 5.75. The number of hydrogen-bond donors (Lipinski definition) is 1. The number of carbonyl (C=O) groups excluding carboxylic acids is 1. The first kappa shape index (κ1) is 23.8. The van der Waals surface area contributed by atoms with Crippen LogP contribution in [0.25, 0.3) is 0 Å². The average Bonchev–Trinajstić information content (AvgIpc) is 3.11. The van der Waals surface area contributed by atoms with Crippen LogP contribution in [0.5, 0.6) is 5.75 Å². The van der Waals surface area contributed by atoms with Gasteiger partial charge in [0, 0.05) is 19.4 Å². The van der Waals surface area contributed by atoms with Crippen LogP contribution in [0.15, 0.2) is 66.7 Å². The number of hydrogen-bond acceptors (Lipinski definition) is 3. The number of aliphatic carboxylic acids is 1. The minimum absolute atomic E-state index is 0.0862. The molecule has 0 saturated carbocycles. The van der Waals surface area contributed by atoms with E-state index in [2.05, 4.69) is 0 Å². The van der Waals surface area contributed by atoms with E-state index in [4.69, 9.17) is 16.3 Å². The highest BCUT2D eigenvalue weighted by Gasteiger charge is 2.35. The molecule has 34 heavy (non-hydrogen) atoms. The second-order valence-electron chi connectivity index (χ2n) is 8.90. The summed E-state index contributed by atoms with van der Waals surface area (Å²) in [4.78, 5) is 25.6. The summed E-state index contributed by atoms with van der Waals surface area (Å²) in [6.07, 6.45) is 1.21. The van der Waals surface area contributed by atoms with Crippen LogP contribution in [-0.2, 0) is 35.4 Å². The number of nitrogens with zero attached hydrogens (tertiary/aromatic N) is 1. The molecule has 4 rings (SSSR count). The van der Waals surface area contributed by atoms with Crippen molar-refractivity contribution < 1.29 is 23.8 Å². The standard InChI is InChI=1S/C27H25ClFNO4/c1-27(14-20-7-9-22(28)23(29)12-20)15-21-11-19(8-10-24(21)34-27)13-25(31)30(17-26(32)33)16-18-5-3-2-4-6-18/h2-12H,13-17H2,1H3,(H,32,33)/t27-/m1/s1. The molecular formula is C27H25ClFNO4. The quantitative estimate of drug-likeness (QED) is 0.487. The Labute approximate surface area is 202 Å². The fourth-order valence-corrected chi connectivity index (χ4v) is 4.47. The smallest absolute Gasteiger partial charge is 0.323 e. The first-order valence-electron chi connectivity index (χ1n) is 11.0. The van der Waals surface area contributed by atoms with Gasteiger partial charge in [-0.25, -0.2) is 4.39 Å². The summed E-state index contributed by atoms with van der Waals surface area (Å²) in [6.45, 7) is 1.84. The maximum Gasteiger partial charge on any atom is 0.323 e. The molecule has 0 fully saturated rings. The molecule has 1 heterocycles. The number of amides is 1. The van der Waals surface area contributed by atoms with E-state index in [0.29, 0.717) is 12.8 Å². The Balaban J connectivity index is 1.45. The highest BCUT2D eigenvalue weighted by atomic mass is 35.5. The molecule has 3 aromatic rings. The van der Waals surface area contributed by atoms with Crippen LogP contribution in [0.1, 0.15) is 29.2 Å². The molecule has 0 aliphatic carbocycles. The van der Waals surface area contributed by atoms with Crippen molar-refractivity contribution in [2.24, 2.45) is 0 Å². The summed E-state index contributed by atoms with van der Waals surface area (Å²) in [5, 5.41) is 9.36. The lowest BCUT2D eigenvalue weighted by Gasteiger charge is -2.24. The number of carboxylic acids is 1. The number of carbonyl (C=O) groups is 2. The van der Waals surface area contributed by atoms with E-state index in [-0.39, 0.29) is 30.4 Å². The molecule has 0 radical (unpaired) electrons. The fourth-order valence-electron chi connectivity index (χ4n) is 4.35. The van der Waals surface area contributed by atoms with Gasteiger partial charge in [0.2, 0.25) is 5.91 Å². The molecular weight excluding hydrogens is 457 g/mol. The number of halogens is 2. The van der Waals surface area contributed by atoms with Gasteiger partial charge in [-0.1, -0.05) is 60.1 Å². The minimum Gasteiger partial charge on any atom is -0.487 e. The summed E-state index contributed by atoms with van der Waals surface area (Å²) in [5.41, 5.74) is 2.87. The largest absolute Gasteiger partial charge is 0.487 e. The number of fused-ring (bicyclic) bond motifs is 1. The Morgan fingerprint density at radius 3 is 2.50 bits per heavy atom. The van der Waals surface area contributed by atoms with Gasteiger partial charge in [0.25, 0.3) is 0 Å². The second kappa shape index (κ2) is 9.85. The molecule has 1 atom stereocenters. The van der Waals surface area contributed by atoms with Crippen molar-refractivity contribution in [3.8, 4) is 5.75 Å². The number of ether oxygens (including phenoxy) is 1. The molecule has 1 aliphatic rings. The molecule has 1 amide bonds. The number of benzene rings is 3. The van der Waals surface area contributed by atoms with E-state index in [0.717, 1.165) is 28.0 Å². The normalized spacial score (nSPS) is 16.6. The van der Waals surface area contributed by atoms with Crippen molar-refractivity contribution >= 4 is 23.5 Å². The summed E-state index contributed by atoms with van der Waals surface area (Å²) in [5.74, 6) is -1.04. The van der Waals surface area contributed by atoms with E-state index >= 15 is 0 Å². The van der Waals surface area contributed by atoms with Gasteiger partial charge in [0.1, 0.15) is 23.7 Å². The van der Waals surface area contributed by atoms with Crippen LogP contribution >= 0.6 is 11.6 Å². The van der Waals surface area contributed by atoms with Crippen molar-refractivity contribution in [3.05, 3.63) is 99.8 Å². The molecule has 0 spiro atoms. The molecule has 1 aliphatic heterocycles. The molecule has 3 aromatic carbocycles. The first-order chi connectivity index (χ1) is 16.2. The lowest BCUT2D eigenvalue weighted by molar-refractivity contribution is -0.144. The summed E-state index contributed by atoms with van der Waals surface area (Å²) in [7, 11) is 0. The van der Waals surface area contributed by atoms with E-state index in [1.54, 1.807) is 12.1 Å². The maximum absolute atomic E-state index is 13.9. The zero-order valence-corrected chi connectivity index (χ0v) is 19.5. The Hall–Kier alpha value is -3.38. The SMILES string of the molecule is C[C@@]1(Cc2ccc(Cl)c(F)c2)Cc2cc(CC(=O)N(CC(=O)O)Cc3ccccc3)ccc2O1. The lowest BCUT2D eigenvalue weighted by Crippen LogP contribution is -2.36. The van der Waals surface area contributed by atoms with E-state index in [1.165, 1.54) is 11.0 Å². The highest BCUT2D eigenvalue weighted by Crippen LogP contribution is 2.38. The van der Waals surface area contributed by atoms with Crippen LogP contribution in [0.3, 0.4) is 0 Å². The number of rotatable bonds is 8. The molecule has 0 unspecified atom stereocenters. The van der Waals surface area contributed by atoms with Crippen molar-refractivity contribution in [3.63, 3.8) is 0 Å². The van der Waals surface area contributed by atoms with E-state index in [9.17, 15) is 19.1 Å². The van der Waals surface area contributed by atoms with Gasteiger partial charge < -0.3 is 14.7 Å². The summed E-state index contributed by atoms with van der Waals surface area (Å²) < 4.78 is 20.0. The Morgan fingerprint density at radius 1 is 1.06 bits per heavy atom. The summed E-state index contributed by atoms with van der Waals surface area (Å²) >= 11 is 5.79. The van der Waals surface area contributed by atoms with Crippen LogP contribution in [0, 0.1) is 5.82 Å². The lowest BCUT2D eigenvalue weighted by atomic mass is 9.91. The zero-order valence-electron chi connectivity index (χ0n) is 18.8. The Kier molecular flexibility index (Phi) is 6.89. The Bertz CT molecular complexity index is 1220. The average molecular weight is 482 g/mol. The van der Waals surface area contributed by atoms with Crippen molar-refractivity contribution in [2.75, 3.05) is 6.54 Å². The molecule has 5 nitrogen and oxygen atoms in total. The first-order valence-corrected chi connectivity index (χ1v) is 11.4. The van der Waals surface area contributed by atoms with Gasteiger partial charge in [0.05, 0.1) is 11.4 Å². The topological polar surface area (TPSA) is 66.8 Å². The third-order valence-corrected chi connectivity index (χ3v) is 6.16. The highest BCUT2D eigenvalue weighted by molar-refractivity contribution is 6.30. The molecule has 0 saturated heterocycles. The van der Waals surface area contributed by atoms with E-state index < -0.39 is 17.4 Å². The molecule has 176 valence electrons. The van der Waals surface area contributed by atoms with Crippen molar-refractivity contribution in [2.45, 2.75) is 38.3 Å². The van der Waals surface area contributed by atoms with Gasteiger partial charge in [-0.05, 0) is 47.4 Å². The minimum atomic E-state index is -1.05. The van der Waals surface area contributed by atoms with E-state index in [1.807, 2.05) is 55.5 Å². The fraction of sp³-hybridized carbons (Fsp3) is 0.259. The molecule has 0 aromatic heterocycles.